The van der Waals surface area contributed by atoms with E-state index in [0.717, 1.165) is 17.5 Å². The van der Waals surface area contributed by atoms with Crippen molar-refractivity contribution < 1.29 is 9.59 Å². The van der Waals surface area contributed by atoms with Gasteiger partial charge in [-0.2, -0.15) is 0 Å². The zero-order valence-electron chi connectivity index (χ0n) is 17.0. The number of hydrogen-bond donors (Lipinski definition) is 2. The van der Waals surface area contributed by atoms with Crippen LogP contribution in [0.4, 0.5) is 5.13 Å². The van der Waals surface area contributed by atoms with Crippen LogP contribution in [-0.4, -0.2) is 28.1 Å². The molecule has 0 bridgehead atoms. The fourth-order valence-electron chi connectivity index (χ4n) is 2.94. The summed E-state index contributed by atoms with van der Waals surface area (Å²) in [5.74, 6) is -0.649. The van der Waals surface area contributed by atoms with E-state index in [1.165, 1.54) is 11.3 Å². The first-order valence-corrected chi connectivity index (χ1v) is 10.8. The summed E-state index contributed by atoms with van der Waals surface area (Å²) in [6.07, 6.45) is 0.732. The second kappa shape index (κ2) is 9.82. The Kier molecular flexibility index (Phi) is 7.18. The third-order valence-electron chi connectivity index (χ3n) is 4.90. The molecule has 6 nitrogen and oxygen atoms in total. The standard InChI is InChI=1S/C22H23ClN4O2S/c1-4-13(2)18(24-19(28)17-11-6-5-8-14(17)3)20(29)25-22-27-26-21(30-22)15-9-7-10-16(23)12-15/h5-13,18H,4H2,1-3H3,(H,24,28)(H,25,27,29). The minimum absolute atomic E-state index is 0.0571. The molecule has 0 saturated carbocycles. The Morgan fingerprint density at radius 1 is 1.13 bits per heavy atom. The van der Waals surface area contributed by atoms with Gasteiger partial charge in [0.2, 0.25) is 11.0 Å². The van der Waals surface area contributed by atoms with Crippen LogP contribution in [0, 0.1) is 12.8 Å². The smallest absolute Gasteiger partial charge is 0.252 e. The Morgan fingerprint density at radius 2 is 1.90 bits per heavy atom. The van der Waals surface area contributed by atoms with Crippen molar-refractivity contribution in [2.45, 2.75) is 33.2 Å². The third kappa shape index (κ3) is 5.23. The van der Waals surface area contributed by atoms with Gasteiger partial charge >= 0.3 is 0 Å². The molecule has 2 N–H and O–H groups in total. The van der Waals surface area contributed by atoms with E-state index in [-0.39, 0.29) is 17.7 Å². The summed E-state index contributed by atoms with van der Waals surface area (Å²) in [6.45, 7) is 5.78. The molecule has 3 aromatic rings. The average Bonchev–Trinajstić information content (AvgIpc) is 3.20. The van der Waals surface area contributed by atoms with Gasteiger partial charge in [-0.05, 0) is 36.6 Å². The topological polar surface area (TPSA) is 84.0 Å². The molecule has 0 saturated heterocycles. The maximum Gasteiger partial charge on any atom is 0.252 e. The predicted molar refractivity (Wildman–Crippen MR) is 121 cm³/mol. The quantitative estimate of drug-likeness (QED) is 0.542. The maximum absolute atomic E-state index is 13.0. The lowest BCUT2D eigenvalue weighted by atomic mass is 9.97. The first-order chi connectivity index (χ1) is 14.4. The molecule has 0 aliphatic rings. The van der Waals surface area contributed by atoms with Crippen LogP contribution in [0.25, 0.3) is 10.6 Å². The SMILES string of the molecule is CCC(C)C(NC(=O)c1ccccc1C)C(=O)Nc1nnc(-c2cccc(Cl)c2)s1. The molecule has 3 rings (SSSR count). The molecule has 1 aromatic heterocycles. The van der Waals surface area contributed by atoms with E-state index in [1.54, 1.807) is 24.3 Å². The summed E-state index contributed by atoms with van der Waals surface area (Å²) in [6, 6.07) is 13.9. The molecule has 0 radical (unpaired) electrons. The number of carbonyl (C=O) groups excluding carboxylic acids is 2. The highest BCUT2D eigenvalue weighted by molar-refractivity contribution is 7.18. The van der Waals surface area contributed by atoms with Gasteiger partial charge in [0.15, 0.2) is 0 Å². The summed E-state index contributed by atoms with van der Waals surface area (Å²) in [7, 11) is 0. The summed E-state index contributed by atoms with van der Waals surface area (Å²) >= 11 is 7.29. The molecular weight excluding hydrogens is 420 g/mol. The maximum atomic E-state index is 13.0. The summed E-state index contributed by atoms with van der Waals surface area (Å²) < 4.78 is 0. The summed E-state index contributed by atoms with van der Waals surface area (Å²) in [4.78, 5) is 25.7. The number of hydrogen-bond acceptors (Lipinski definition) is 5. The predicted octanol–water partition coefficient (Wildman–Crippen LogP) is 4.95. The second-order valence-electron chi connectivity index (χ2n) is 7.06. The highest BCUT2D eigenvalue weighted by Crippen LogP contribution is 2.28. The van der Waals surface area contributed by atoms with E-state index in [1.807, 2.05) is 45.0 Å². The summed E-state index contributed by atoms with van der Waals surface area (Å²) in [5, 5.41) is 15.5. The number of aryl methyl sites for hydroxylation is 1. The van der Waals surface area contributed by atoms with Crippen molar-refractivity contribution in [1.29, 1.82) is 0 Å². The van der Waals surface area contributed by atoms with E-state index < -0.39 is 6.04 Å². The van der Waals surface area contributed by atoms with Crippen molar-refractivity contribution in [2.75, 3.05) is 5.32 Å². The molecule has 0 fully saturated rings. The largest absolute Gasteiger partial charge is 0.340 e. The molecule has 0 aliphatic carbocycles. The number of nitrogens with zero attached hydrogens (tertiary/aromatic N) is 2. The first-order valence-electron chi connectivity index (χ1n) is 9.65. The van der Waals surface area contributed by atoms with Gasteiger partial charge in [-0.3, -0.25) is 14.9 Å². The fourth-order valence-corrected chi connectivity index (χ4v) is 3.88. The van der Waals surface area contributed by atoms with Crippen molar-refractivity contribution in [1.82, 2.24) is 15.5 Å². The molecule has 2 aromatic carbocycles. The average molecular weight is 443 g/mol. The molecule has 2 unspecified atom stereocenters. The van der Waals surface area contributed by atoms with Crippen LogP contribution in [0.15, 0.2) is 48.5 Å². The number of amides is 2. The number of aromatic nitrogens is 2. The Bertz CT molecular complexity index is 1050. The zero-order valence-corrected chi connectivity index (χ0v) is 18.6. The van der Waals surface area contributed by atoms with Gasteiger partial charge in [0.05, 0.1) is 0 Å². The molecule has 2 amide bonds. The molecule has 8 heteroatoms. The van der Waals surface area contributed by atoms with E-state index in [9.17, 15) is 9.59 Å². The molecule has 0 aliphatic heterocycles. The van der Waals surface area contributed by atoms with Crippen LogP contribution in [0.1, 0.15) is 36.2 Å². The first kappa shape index (κ1) is 21.9. The van der Waals surface area contributed by atoms with Crippen molar-refractivity contribution >= 4 is 39.9 Å². The van der Waals surface area contributed by atoms with E-state index in [4.69, 9.17) is 11.6 Å². The van der Waals surface area contributed by atoms with Gasteiger partial charge in [0.25, 0.3) is 5.91 Å². The Balaban J connectivity index is 1.75. The van der Waals surface area contributed by atoms with Crippen LogP contribution in [0.5, 0.6) is 0 Å². The lowest BCUT2D eigenvalue weighted by molar-refractivity contribution is -0.119. The highest BCUT2D eigenvalue weighted by atomic mass is 35.5. The normalized spacial score (nSPS) is 12.8. The van der Waals surface area contributed by atoms with Crippen LogP contribution < -0.4 is 10.6 Å². The van der Waals surface area contributed by atoms with E-state index in [2.05, 4.69) is 20.8 Å². The van der Waals surface area contributed by atoms with Crippen molar-refractivity contribution in [2.24, 2.45) is 5.92 Å². The van der Waals surface area contributed by atoms with Gasteiger partial charge in [-0.15, -0.1) is 10.2 Å². The van der Waals surface area contributed by atoms with Crippen LogP contribution in [0.3, 0.4) is 0 Å². The minimum atomic E-state index is -0.694. The molecule has 156 valence electrons. The van der Waals surface area contributed by atoms with E-state index >= 15 is 0 Å². The summed E-state index contributed by atoms with van der Waals surface area (Å²) in [5.41, 5.74) is 2.23. The second-order valence-corrected chi connectivity index (χ2v) is 8.48. The Labute approximate surface area is 184 Å². The van der Waals surface area contributed by atoms with E-state index in [0.29, 0.717) is 20.7 Å². The van der Waals surface area contributed by atoms with Gasteiger partial charge in [-0.1, -0.05) is 73.5 Å². The van der Waals surface area contributed by atoms with Gasteiger partial charge < -0.3 is 5.32 Å². The van der Waals surface area contributed by atoms with Crippen molar-refractivity contribution in [3.8, 4) is 10.6 Å². The number of benzene rings is 2. The van der Waals surface area contributed by atoms with Crippen LogP contribution >= 0.6 is 22.9 Å². The highest BCUT2D eigenvalue weighted by Gasteiger charge is 2.27. The molecule has 30 heavy (non-hydrogen) atoms. The number of rotatable bonds is 7. The molecular formula is C22H23ClN4O2S. The number of halogens is 1. The monoisotopic (exact) mass is 442 g/mol. The molecule has 2 atom stereocenters. The Hall–Kier alpha value is -2.77. The number of anilines is 1. The lowest BCUT2D eigenvalue weighted by Crippen LogP contribution is -2.47. The minimum Gasteiger partial charge on any atom is -0.340 e. The Morgan fingerprint density at radius 3 is 2.60 bits per heavy atom. The van der Waals surface area contributed by atoms with Gasteiger partial charge in [0.1, 0.15) is 11.0 Å². The third-order valence-corrected chi connectivity index (χ3v) is 6.02. The lowest BCUT2D eigenvalue weighted by Gasteiger charge is -2.23. The molecule has 1 heterocycles. The zero-order chi connectivity index (χ0) is 21.7. The van der Waals surface area contributed by atoms with Crippen molar-refractivity contribution in [3.05, 3.63) is 64.7 Å². The number of carbonyl (C=O) groups is 2. The number of nitrogens with one attached hydrogen (secondary N) is 2. The van der Waals surface area contributed by atoms with Crippen LogP contribution in [0.2, 0.25) is 5.02 Å². The van der Waals surface area contributed by atoms with Gasteiger partial charge in [0, 0.05) is 16.1 Å². The fraction of sp³-hybridized carbons (Fsp3) is 0.273. The molecule has 0 spiro atoms. The van der Waals surface area contributed by atoms with Crippen LogP contribution in [-0.2, 0) is 4.79 Å². The van der Waals surface area contributed by atoms with Gasteiger partial charge in [-0.25, -0.2) is 0 Å². The van der Waals surface area contributed by atoms with Crippen molar-refractivity contribution in [3.63, 3.8) is 0 Å².